The van der Waals surface area contributed by atoms with Crippen molar-refractivity contribution in [2.24, 2.45) is 0 Å². The number of aliphatic hydroxyl groups is 1. The molecule has 0 spiro atoms. The lowest BCUT2D eigenvalue weighted by Crippen LogP contribution is -1.95. The number of nitrogens with zero attached hydrogens (tertiary/aromatic N) is 2. The van der Waals surface area contributed by atoms with Crippen molar-refractivity contribution in [1.29, 1.82) is 0 Å². The summed E-state index contributed by atoms with van der Waals surface area (Å²) in [6.07, 6.45) is 3.67. The van der Waals surface area contributed by atoms with Crippen molar-refractivity contribution in [2.75, 3.05) is 0 Å². The van der Waals surface area contributed by atoms with Gasteiger partial charge in [0.05, 0.1) is 17.5 Å². The average molecular weight is 150 g/mol. The van der Waals surface area contributed by atoms with Gasteiger partial charge in [0.2, 0.25) is 0 Å². The average Bonchev–Trinajstić information content (AvgIpc) is 2.30. The quantitative estimate of drug-likeness (QED) is 0.600. The minimum atomic E-state index is -0.395. The fraction of sp³-hybridized carbons (Fsp3) is 0.500. The monoisotopic (exact) mass is 150 g/mol. The summed E-state index contributed by atoms with van der Waals surface area (Å²) in [5.41, 5.74) is 1.72. The van der Waals surface area contributed by atoms with Gasteiger partial charge in [-0.15, -0.1) is 0 Å². The summed E-state index contributed by atoms with van der Waals surface area (Å²) < 4.78 is 0. The topological polar surface area (TPSA) is 46.0 Å². The molecule has 11 heavy (non-hydrogen) atoms. The SMILES string of the molecule is C[C@@H]1C[C@@H](O)c2nccnc21. The summed E-state index contributed by atoms with van der Waals surface area (Å²) in [6.45, 7) is 2.06. The zero-order chi connectivity index (χ0) is 7.84. The number of aromatic nitrogens is 2. The van der Waals surface area contributed by atoms with Crippen LogP contribution in [0.15, 0.2) is 12.4 Å². The van der Waals surface area contributed by atoms with E-state index in [0.717, 1.165) is 17.8 Å². The molecule has 0 aromatic carbocycles. The molecule has 1 aromatic heterocycles. The van der Waals surface area contributed by atoms with E-state index in [0.29, 0.717) is 5.92 Å². The van der Waals surface area contributed by atoms with E-state index in [1.165, 1.54) is 0 Å². The molecule has 58 valence electrons. The highest BCUT2D eigenvalue weighted by molar-refractivity contribution is 5.23. The van der Waals surface area contributed by atoms with Crippen LogP contribution in [0, 0.1) is 0 Å². The first kappa shape index (κ1) is 6.73. The molecule has 0 aliphatic heterocycles. The Hall–Kier alpha value is -0.960. The third-order valence-corrected chi connectivity index (χ3v) is 2.12. The van der Waals surface area contributed by atoms with Gasteiger partial charge in [0, 0.05) is 18.3 Å². The van der Waals surface area contributed by atoms with Crippen molar-refractivity contribution in [1.82, 2.24) is 9.97 Å². The smallest absolute Gasteiger partial charge is 0.0984 e. The Labute approximate surface area is 65.1 Å². The largest absolute Gasteiger partial charge is 0.387 e. The molecular formula is C8H10N2O. The highest BCUT2D eigenvalue weighted by Crippen LogP contribution is 2.36. The molecule has 0 saturated carbocycles. The molecule has 1 N–H and O–H groups in total. The van der Waals surface area contributed by atoms with Crippen LogP contribution >= 0.6 is 0 Å². The van der Waals surface area contributed by atoms with Crippen molar-refractivity contribution in [3.63, 3.8) is 0 Å². The van der Waals surface area contributed by atoms with Crippen molar-refractivity contribution < 1.29 is 5.11 Å². The van der Waals surface area contributed by atoms with E-state index in [-0.39, 0.29) is 0 Å². The van der Waals surface area contributed by atoms with E-state index < -0.39 is 6.10 Å². The van der Waals surface area contributed by atoms with Crippen LogP contribution in [0.2, 0.25) is 0 Å². The Morgan fingerprint density at radius 3 is 2.64 bits per heavy atom. The predicted molar refractivity (Wildman–Crippen MR) is 40.0 cm³/mol. The van der Waals surface area contributed by atoms with E-state index >= 15 is 0 Å². The Morgan fingerprint density at radius 1 is 1.36 bits per heavy atom. The molecule has 1 heterocycles. The van der Waals surface area contributed by atoms with E-state index in [2.05, 4.69) is 16.9 Å². The molecule has 0 saturated heterocycles. The second-order valence-corrected chi connectivity index (χ2v) is 2.98. The Bertz CT molecular complexity index is 248. The molecule has 2 rings (SSSR count). The van der Waals surface area contributed by atoms with Crippen LogP contribution in [0.3, 0.4) is 0 Å². The highest BCUT2D eigenvalue weighted by Gasteiger charge is 2.28. The van der Waals surface area contributed by atoms with Crippen LogP contribution in [-0.2, 0) is 0 Å². The Kier molecular flexibility index (Phi) is 1.39. The molecule has 3 nitrogen and oxygen atoms in total. The lowest BCUT2D eigenvalue weighted by molar-refractivity contribution is 0.170. The minimum Gasteiger partial charge on any atom is -0.387 e. The van der Waals surface area contributed by atoms with Gasteiger partial charge in [0.25, 0.3) is 0 Å². The number of fused-ring (bicyclic) bond motifs is 1. The molecule has 0 bridgehead atoms. The van der Waals surface area contributed by atoms with E-state index in [1.807, 2.05) is 0 Å². The predicted octanol–water partition coefficient (Wildman–Crippen LogP) is 1.02. The van der Waals surface area contributed by atoms with Gasteiger partial charge in [-0.2, -0.15) is 0 Å². The summed E-state index contributed by atoms with van der Waals surface area (Å²) >= 11 is 0. The summed E-state index contributed by atoms with van der Waals surface area (Å²) in [7, 11) is 0. The normalized spacial score (nSPS) is 28.5. The summed E-state index contributed by atoms with van der Waals surface area (Å²) in [5.74, 6) is 0.355. The van der Waals surface area contributed by atoms with Crippen molar-refractivity contribution in [2.45, 2.75) is 25.4 Å². The second-order valence-electron chi connectivity index (χ2n) is 2.98. The lowest BCUT2D eigenvalue weighted by Gasteiger charge is -1.98. The van der Waals surface area contributed by atoms with Gasteiger partial charge in [-0.1, -0.05) is 6.92 Å². The first-order valence-corrected chi connectivity index (χ1v) is 3.78. The third kappa shape index (κ3) is 0.922. The molecule has 0 unspecified atom stereocenters. The second kappa shape index (κ2) is 2.27. The van der Waals surface area contributed by atoms with Crippen LogP contribution in [0.5, 0.6) is 0 Å². The van der Waals surface area contributed by atoms with E-state index in [9.17, 15) is 5.11 Å². The van der Waals surface area contributed by atoms with Gasteiger partial charge in [-0.3, -0.25) is 9.97 Å². The van der Waals surface area contributed by atoms with Gasteiger partial charge in [0.1, 0.15) is 0 Å². The highest BCUT2D eigenvalue weighted by atomic mass is 16.3. The molecule has 3 heteroatoms. The molecule has 0 amide bonds. The molecule has 2 atom stereocenters. The standard InChI is InChI=1S/C8H10N2O/c1-5-4-6(11)8-7(5)9-2-3-10-8/h2-3,5-6,11H,4H2,1H3/t5-,6-/m1/s1. The van der Waals surface area contributed by atoms with Gasteiger partial charge in [-0.25, -0.2) is 0 Å². The number of hydrogen-bond donors (Lipinski definition) is 1. The fourth-order valence-electron chi connectivity index (χ4n) is 1.55. The van der Waals surface area contributed by atoms with E-state index in [4.69, 9.17) is 0 Å². The van der Waals surface area contributed by atoms with Crippen LogP contribution < -0.4 is 0 Å². The number of aliphatic hydroxyl groups excluding tert-OH is 1. The van der Waals surface area contributed by atoms with Crippen molar-refractivity contribution in [3.8, 4) is 0 Å². The molecule has 1 aliphatic carbocycles. The first-order chi connectivity index (χ1) is 5.29. The van der Waals surface area contributed by atoms with Gasteiger partial charge in [0.15, 0.2) is 0 Å². The van der Waals surface area contributed by atoms with Crippen molar-refractivity contribution in [3.05, 3.63) is 23.8 Å². The maximum absolute atomic E-state index is 9.45. The third-order valence-electron chi connectivity index (χ3n) is 2.12. The Balaban J connectivity index is 2.52. The van der Waals surface area contributed by atoms with Crippen molar-refractivity contribution >= 4 is 0 Å². The van der Waals surface area contributed by atoms with Crippen LogP contribution in [0.1, 0.15) is 36.8 Å². The van der Waals surface area contributed by atoms with Gasteiger partial charge < -0.3 is 5.11 Å². The molecule has 0 radical (unpaired) electrons. The van der Waals surface area contributed by atoms with Crippen LogP contribution in [0.4, 0.5) is 0 Å². The molecule has 1 aromatic rings. The molecule has 1 aliphatic rings. The Morgan fingerprint density at radius 2 is 2.00 bits per heavy atom. The van der Waals surface area contributed by atoms with Crippen LogP contribution in [-0.4, -0.2) is 15.1 Å². The van der Waals surface area contributed by atoms with Gasteiger partial charge >= 0.3 is 0 Å². The van der Waals surface area contributed by atoms with Crippen LogP contribution in [0.25, 0.3) is 0 Å². The molecule has 0 fully saturated rings. The molecular weight excluding hydrogens is 140 g/mol. The first-order valence-electron chi connectivity index (χ1n) is 3.78. The zero-order valence-corrected chi connectivity index (χ0v) is 6.36. The maximum Gasteiger partial charge on any atom is 0.0984 e. The number of rotatable bonds is 0. The maximum atomic E-state index is 9.45. The lowest BCUT2D eigenvalue weighted by atomic mass is 10.1. The number of hydrogen-bond acceptors (Lipinski definition) is 3. The summed E-state index contributed by atoms with van der Waals surface area (Å²) in [4.78, 5) is 8.25. The van der Waals surface area contributed by atoms with E-state index in [1.54, 1.807) is 12.4 Å². The zero-order valence-electron chi connectivity index (χ0n) is 6.36. The summed E-state index contributed by atoms with van der Waals surface area (Å²) in [5, 5.41) is 9.45. The summed E-state index contributed by atoms with van der Waals surface area (Å²) in [6, 6.07) is 0. The minimum absolute atomic E-state index is 0.355. The fourth-order valence-corrected chi connectivity index (χ4v) is 1.55. The van der Waals surface area contributed by atoms with Gasteiger partial charge in [-0.05, 0) is 6.42 Å².